The van der Waals surface area contributed by atoms with Crippen molar-refractivity contribution in [2.45, 2.75) is 65.8 Å². The van der Waals surface area contributed by atoms with Gasteiger partial charge in [0.1, 0.15) is 5.78 Å². The molecule has 1 fully saturated rings. The van der Waals surface area contributed by atoms with Crippen LogP contribution >= 0.6 is 0 Å². The topological polar surface area (TPSA) is 34.9 Å². The van der Waals surface area contributed by atoms with E-state index in [0.29, 0.717) is 18.1 Å². The summed E-state index contributed by atoms with van der Waals surface area (Å²) in [6, 6.07) is 2.10. The second kappa shape index (κ2) is 6.36. The Morgan fingerprint density at radius 2 is 2.16 bits per heavy atom. The van der Waals surface area contributed by atoms with Crippen molar-refractivity contribution in [3.05, 3.63) is 17.5 Å². The summed E-state index contributed by atoms with van der Waals surface area (Å²) in [5, 5.41) is 4.52. The monoisotopic (exact) mass is 262 g/mol. The van der Waals surface area contributed by atoms with E-state index in [1.165, 1.54) is 12.8 Å². The molecule has 0 aromatic carbocycles. The molecule has 0 amide bonds. The van der Waals surface area contributed by atoms with Crippen molar-refractivity contribution in [1.29, 1.82) is 0 Å². The van der Waals surface area contributed by atoms with E-state index in [0.717, 1.165) is 43.1 Å². The molecule has 106 valence electrons. The quantitative estimate of drug-likeness (QED) is 0.787. The van der Waals surface area contributed by atoms with Gasteiger partial charge in [0.2, 0.25) is 0 Å². The predicted octanol–water partition coefficient (Wildman–Crippen LogP) is 3.40. The van der Waals surface area contributed by atoms with E-state index in [-0.39, 0.29) is 0 Å². The van der Waals surface area contributed by atoms with Gasteiger partial charge in [-0.05, 0) is 44.6 Å². The highest BCUT2D eigenvalue weighted by atomic mass is 16.1. The second-order valence-corrected chi connectivity index (χ2v) is 5.72. The lowest BCUT2D eigenvalue weighted by atomic mass is 9.96. The van der Waals surface area contributed by atoms with Crippen molar-refractivity contribution in [3.63, 3.8) is 0 Å². The SMILES string of the molecule is CCc1cc(CC(=O)C2CCC(CC)C2)n(CC)n1. The van der Waals surface area contributed by atoms with Crippen LogP contribution in [-0.4, -0.2) is 15.6 Å². The fourth-order valence-electron chi connectivity index (χ4n) is 3.16. The van der Waals surface area contributed by atoms with Gasteiger partial charge in [-0.1, -0.05) is 20.3 Å². The third-order valence-electron chi connectivity index (χ3n) is 4.50. The summed E-state index contributed by atoms with van der Waals surface area (Å²) in [5.41, 5.74) is 2.20. The average molecular weight is 262 g/mol. The second-order valence-electron chi connectivity index (χ2n) is 5.72. The van der Waals surface area contributed by atoms with Gasteiger partial charge in [-0.3, -0.25) is 9.48 Å². The molecule has 1 aromatic rings. The first-order valence-corrected chi connectivity index (χ1v) is 7.76. The molecule has 1 aliphatic rings. The standard InChI is InChI=1S/C16H26N2O/c1-4-12-7-8-13(9-12)16(19)11-15-10-14(5-2)17-18(15)6-3/h10,12-13H,4-9,11H2,1-3H3. The maximum atomic E-state index is 12.4. The van der Waals surface area contributed by atoms with Gasteiger partial charge in [-0.25, -0.2) is 0 Å². The summed E-state index contributed by atoms with van der Waals surface area (Å²) in [6.45, 7) is 7.28. The molecule has 0 N–H and O–H groups in total. The Morgan fingerprint density at radius 3 is 2.74 bits per heavy atom. The van der Waals surface area contributed by atoms with Crippen LogP contribution in [0.1, 0.15) is 57.8 Å². The molecule has 0 radical (unpaired) electrons. The zero-order valence-electron chi connectivity index (χ0n) is 12.5. The molecule has 1 aromatic heterocycles. The van der Waals surface area contributed by atoms with Crippen molar-refractivity contribution >= 4 is 5.78 Å². The molecule has 3 heteroatoms. The van der Waals surface area contributed by atoms with Crippen LogP contribution in [0.4, 0.5) is 0 Å². The minimum Gasteiger partial charge on any atom is -0.299 e. The van der Waals surface area contributed by atoms with Gasteiger partial charge in [-0.15, -0.1) is 0 Å². The number of nitrogens with zero attached hydrogens (tertiary/aromatic N) is 2. The largest absolute Gasteiger partial charge is 0.299 e. The van der Waals surface area contributed by atoms with Crippen LogP contribution in [0.15, 0.2) is 6.07 Å². The highest BCUT2D eigenvalue weighted by molar-refractivity contribution is 5.83. The molecule has 2 unspecified atom stereocenters. The Balaban J connectivity index is 2.00. The lowest BCUT2D eigenvalue weighted by molar-refractivity contribution is -0.122. The Bertz CT molecular complexity index is 436. The lowest BCUT2D eigenvalue weighted by Crippen LogP contribution is -2.16. The highest BCUT2D eigenvalue weighted by Crippen LogP contribution is 2.34. The molecule has 3 nitrogen and oxygen atoms in total. The third-order valence-corrected chi connectivity index (χ3v) is 4.50. The molecule has 0 spiro atoms. The highest BCUT2D eigenvalue weighted by Gasteiger charge is 2.29. The number of hydrogen-bond acceptors (Lipinski definition) is 2. The number of rotatable bonds is 6. The van der Waals surface area contributed by atoms with Crippen LogP contribution in [0.2, 0.25) is 0 Å². The van der Waals surface area contributed by atoms with Gasteiger partial charge in [0.05, 0.1) is 5.69 Å². The number of aryl methyl sites for hydroxylation is 2. The number of Topliss-reactive ketones (excluding diaryl/α,β-unsaturated/α-hetero) is 1. The Kier molecular flexibility index (Phi) is 4.78. The van der Waals surface area contributed by atoms with Crippen LogP contribution in [-0.2, 0) is 24.2 Å². The van der Waals surface area contributed by atoms with Gasteiger partial charge >= 0.3 is 0 Å². The summed E-state index contributed by atoms with van der Waals surface area (Å²) in [7, 11) is 0. The average Bonchev–Trinajstić information content (AvgIpc) is 3.04. The van der Waals surface area contributed by atoms with Crippen LogP contribution in [0.5, 0.6) is 0 Å². The fraction of sp³-hybridized carbons (Fsp3) is 0.750. The van der Waals surface area contributed by atoms with Gasteiger partial charge < -0.3 is 0 Å². The molecule has 1 aliphatic carbocycles. The minimum atomic E-state index is 0.301. The van der Waals surface area contributed by atoms with Crippen molar-refractivity contribution in [2.24, 2.45) is 11.8 Å². The molecule has 0 saturated heterocycles. The van der Waals surface area contributed by atoms with Gasteiger partial charge in [0.15, 0.2) is 0 Å². The fourth-order valence-corrected chi connectivity index (χ4v) is 3.16. The van der Waals surface area contributed by atoms with Gasteiger partial charge in [-0.2, -0.15) is 5.10 Å². The van der Waals surface area contributed by atoms with E-state index in [9.17, 15) is 4.79 Å². The Morgan fingerprint density at radius 1 is 1.37 bits per heavy atom. The number of carbonyl (C=O) groups is 1. The molecular weight excluding hydrogens is 236 g/mol. The zero-order valence-corrected chi connectivity index (χ0v) is 12.5. The Labute approximate surface area is 116 Å². The van der Waals surface area contributed by atoms with Crippen LogP contribution in [0, 0.1) is 11.8 Å². The summed E-state index contributed by atoms with van der Waals surface area (Å²) < 4.78 is 1.99. The van der Waals surface area contributed by atoms with Crippen LogP contribution in [0.25, 0.3) is 0 Å². The maximum Gasteiger partial charge on any atom is 0.141 e. The number of ketones is 1. The van der Waals surface area contributed by atoms with E-state index in [1.807, 2.05) is 4.68 Å². The first-order valence-electron chi connectivity index (χ1n) is 7.76. The molecule has 0 bridgehead atoms. The first kappa shape index (κ1) is 14.3. The normalized spacial score (nSPS) is 22.9. The maximum absolute atomic E-state index is 12.4. The van der Waals surface area contributed by atoms with Crippen molar-refractivity contribution < 1.29 is 4.79 Å². The van der Waals surface area contributed by atoms with Gasteiger partial charge in [0.25, 0.3) is 0 Å². The van der Waals surface area contributed by atoms with Crippen molar-refractivity contribution in [3.8, 4) is 0 Å². The Hall–Kier alpha value is -1.12. The molecular formula is C16H26N2O. The van der Waals surface area contributed by atoms with E-state index < -0.39 is 0 Å². The molecule has 19 heavy (non-hydrogen) atoms. The van der Waals surface area contributed by atoms with Gasteiger partial charge in [0, 0.05) is 24.6 Å². The minimum absolute atomic E-state index is 0.301. The predicted molar refractivity (Wildman–Crippen MR) is 77.1 cm³/mol. The summed E-state index contributed by atoms with van der Waals surface area (Å²) in [5.74, 6) is 1.50. The van der Waals surface area contributed by atoms with Crippen LogP contribution in [0.3, 0.4) is 0 Å². The third kappa shape index (κ3) is 3.26. The zero-order chi connectivity index (χ0) is 13.8. The van der Waals surface area contributed by atoms with Crippen LogP contribution < -0.4 is 0 Å². The summed E-state index contributed by atoms with van der Waals surface area (Å²) in [4.78, 5) is 12.4. The molecule has 2 rings (SSSR count). The summed E-state index contributed by atoms with van der Waals surface area (Å²) >= 11 is 0. The molecule has 2 atom stereocenters. The van der Waals surface area contributed by atoms with Crippen molar-refractivity contribution in [1.82, 2.24) is 9.78 Å². The number of hydrogen-bond donors (Lipinski definition) is 0. The lowest BCUT2D eigenvalue weighted by Gasteiger charge is -2.10. The van der Waals surface area contributed by atoms with Crippen molar-refractivity contribution in [2.75, 3.05) is 0 Å². The van der Waals surface area contributed by atoms with E-state index in [4.69, 9.17) is 0 Å². The summed E-state index contributed by atoms with van der Waals surface area (Å²) in [6.07, 6.45) is 6.17. The molecule has 0 aliphatic heterocycles. The molecule has 1 saturated carbocycles. The van der Waals surface area contributed by atoms with E-state index >= 15 is 0 Å². The number of aromatic nitrogens is 2. The first-order chi connectivity index (χ1) is 9.17. The number of carbonyl (C=O) groups excluding carboxylic acids is 1. The van der Waals surface area contributed by atoms with E-state index in [2.05, 4.69) is 31.9 Å². The van der Waals surface area contributed by atoms with E-state index in [1.54, 1.807) is 0 Å². The molecule has 1 heterocycles. The smallest absolute Gasteiger partial charge is 0.141 e.